The Kier molecular flexibility index (Phi) is 7.39. The van der Waals surface area contributed by atoms with Crippen LogP contribution in [0.1, 0.15) is 39.0 Å². The summed E-state index contributed by atoms with van der Waals surface area (Å²) in [7, 11) is 0. The summed E-state index contributed by atoms with van der Waals surface area (Å²) in [5.74, 6) is 0.196. The van der Waals surface area contributed by atoms with Crippen LogP contribution in [0.4, 0.5) is 0 Å². The maximum absolute atomic E-state index is 12.9. The number of carbonyl (C=O) groups is 2. The van der Waals surface area contributed by atoms with Gasteiger partial charge in [0.05, 0.1) is 12.4 Å². The van der Waals surface area contributed by atoms with Gasteiger partial charge in [0.25, 0.3) is 0 Å². The molecule has 172 valence electrons. The number of pyridine rings is 1. The fourth-order valence-corrected chi connectivity index (χ4v) is 4.84. The Bertz CT molecular complexity index is 1080. The van der Waals surface area contributed by atoms with Crippen LogP contribution in [0, 0.1) is 0 Å². The van der Waals surface area contributed by atoms with Crippen LogP contribution in [0.5, 0.6) is 0 Å². The number of hydrogen-bond acceptors (Lipinski definition) is 7. The van der Waals surface area contributed by atoms with E-state index in [9.17, 15) is 9.59 Å². The van der Waals surface area contributed by atoms with Crippen LogP contribution in [0.15, 0.2) is 60.0 Å². The van der Waals surface area contributed by atoms with Gasteiger partial charge in [0, 0.05) is 23.6 Å². The van der Waals surface area contributed by atoms with E-state index in [1.54, 1.807) is 19.3 Å². The molecule has 3 aromatic rings. The van der Waals surface area contributed by atoms with Gasteiger partial charge in [0.15, 0.2) is 11.0 Å². The molecule has 1 aromatic carbocycles. The van der Waals surface area contributed by atoms with Gasteiger partial charge < -0.3 is 10.1 Å². The van der Waals surface area contributed by atoms with Crippen molar-refractivity contribution in [2.24, 2.45) is 0 Å². The van der Waals surface area contributed by atoms with E-state index in [-0.39, 0.29) is 17.6 Å². The highest BCUT2D eigenvalue weighted by Gasteiger charge is 2.42. The molecule has 0 aliphatic heterocycles. The second-order valence-corrected chi connectivity index (χ2v) is 8.86. The fourth-order valence-electron chi connectivity index (χ4n) is 4.09. The van der Waals surface area contributed by atoms with E-state index in [1.165, 1.54) is 11.8 Å². The molecule has 8 nitrogen and oxygen atoms in total. The van der Waals surface area contributed by atoms with Crippen molar-refractivity contribution in [2.75, 3.05) is 12.4 Å². The third-order valence-corrected chi connectivity index (χ3v) is 6.58. The van der Waals surface area contributed by atoms with Gasteiger partial charge in [0.2, 0.25) is 5.91 Å². The number of amides is 1. The molecule has 1 aliphatic carbocycles. The summed E-state index contributed by atoms with van der Waals surface area (Å²) >= 11 is 1.28. The Morgan fingerprint density at radius 1 is 1.09 bits per heavy atom. The molecule has 1 fully saturated rings. The molecular formula is C24H27N5O3S. The lowest BCUT2D eigenvalue weighted by molar-refractivity contribution is -0.154. The molecule has 1 N–H and O–H groups in total. The predicted octanol–water partition coefficient (Wildman–Crippen LogP) is 3.80. The Morgan fingerprint density at radius 2 is 1.88 bits per heavy atom. The molecule has 0 atom stereocenters. The van der Waals surface area contributed by atoms with Crippen LogP contribution in [-0.4, -0.2) is 49.5 Å². The largest absolute Gasteiger partial charge is 0.464 e. The highest BCUT2D eigenvalue weighted by atomic mass is 32.2. The normalized spacial score (nSPS) is 15.1. The van der Waals surface area contributed by atoms with Crippen molar-refractivity contribution >= 4 is 23.6 Å². The number of aromatic nitrogens is 4. The molecule has 0 radical (unpaired) electrons. The van der Waals surface area contributed by atoms with Crippen molar-refractivity contribution in [2.45, 2.75) is 49.7 Å². The smallest absolute Gasteiger partial charge is 0.331 e. The minimum absolute atomic E-state index is 0.110. The molecule has 9 heteroatoms. The van der Waals surface area contributed by atoms with Crippen molar-refractivity contribution in [3.05, 3.63) is 54.9 Å². The number of esters is 1. The third kappa shape index (κ3) is 5.24. The van der Waals surface area contributed by atoms with Gasteiger partial charge >= 0.3 is 5.97 Å². The molecule has 2 heterocycles. The minimum Gasteiger partial charge on any atom is -0.464 e. The Morgan fingerprint density at radius 3 is 2.58 bits per heavy atom. The van der Waals surface area contributed by atoms with Gasteiger partial charge in [-0.1, -0.05) is 49.2 Å². The molecule has 0 spiro atoms. The Balaban J connectivity index is 1.54. The summed E-state index contributed by atoms with van der Waals surface area (Å²) < 4.78 is 7.20. The molecule has 1 saturated carbocycles. The summed E-state index contributed by atoms with van der Waals surface area (Å²) in [6, 6.07) is 13.5. The Labute approximate surface area is 197 Å². The van der Waals surface area contributed by atoms with Crippen LogP contribution >= 0.6 is 11.8 Å². The van der Waals surface area contributed by atoms with E-state index in [0.29, 0.717) is 30.4 Å². The SMILES string of the molecule is CCOC(=O)C1(NC(=O)CSc2nnc(-c3cccnc3)n2-c2ccccc2)CCCCC1. The molecule has 0 unspecified atom stereocenters. The molecule has 0 saturated heterocycles. The lowest BCUT2D eigenvalue weighted by Gasteiger charge is -2.35. The first kappa shape index (κ1) is 23.0. The van der Waals surface area contributed by atoms with Crippen LogP contribution in [0.2, 0.25) is 0 Å². The predicted molar refractivity (Wildman–Crippen MR) is 126 cm³/mol. The molecule has 1 amide bonds. The number of hydrogen-bond donors (Lipinski definition) is 1. The number of para-hydroxylation sites is 1. The molecule has 2 aromatic heterocycles. The number of ether oxygens (including phenoxy) is 1. The summed E-state index contributed by atoms with van der Waals surface area (Å²) in [5.41, 5.74) is 0.785. The number of nitrogens with zero attached hydrogens (tertiary/aromatic N) is 4. The molecule has 0 bridgehead atoms. The zero-order valence-electron chi connectivity index (χ0n) is 18.6. The average molecular weight is 466 g/mol. The third-order valence-electron chi connectivity index (χ3n) is 5.65. The number of rotatable bonds is 8. The average Bonchev–Trinajstić information content (AvgIpc) is 3.28. The van der Waals surface area contributed by atoms with Crippen LogP contribution in [0.25, 0.3) is 17.1 Å². The zero-order valence-corrected chi connectivity index (χ0v) is 19.4. The molecule has 33 heavy (non-hydrogen) atoms. The highest BCUT2D eigenvalue weighted by molar-refractivity contribution is 7.99. The van der Waals surface area contributed by atoms with Gasteiger partial charge in [0.1, 0.15) is 5.54 Å². The maximum Gasteiger partial charge on any atom is 0.331 e. The summed E-state index contributed by atoms with van der Waals surface area (Å²) in [6.45, 7) is 2.07. The van der Waals surface area contributed by atoms with Gasteiger partial charge in [-0.05, 0) is 44.0 Å². The van der Waals surface area contributed by atoms with Crippen molar-refractivity contribution in [1.82, 2.24) is 25.1 Å². The topological polar surface area (TPSA) is 99.0 Å². The quantitative estimate of drug-likeness (QED) is 0.399. The number of benzene rings is 1. The van der Waals surface area contributed by atoms with Gasteiger partial charge in [-0.25, -0.2) is 4.79 Å². The van der Waals surface area contributed by atoms with Crippen LogP contribution in [0.3, 0.4) is 0 Å². The van der Waals surface area contributed by atoms with Crippen molar-refractivity contribution < 1.29 is 14.3 Å². The first-order valence-electron chi connectivity index (χ1n) is 11.2. The molecular weight excluding hydrogens is 438 g/mol. The van der Waals surface area contributed by atoms with Gasteiger partial charge in [-0.15, -0.1) is 10.2 Å². The van der Waals surface area contributed by atoms with E-state index in [1.807, 2.05) is 47.0 Å². The van der Waals surface area contributed by atoms with E-state index in [4.69, 9.17) is 4.74 Å². The number of thioether (sulfide) groups is 1. The van der Waals surface area contributed by atoms with Crippen LogP contribution < -0.4 is 5.32 Å². The monoisotopic (exact) mass is 465 g/mol. The first-order chi connectivity index (χ1) is 16.1. The minimum atomic E-state index is -0.931. The van der Waals surface area contributed by atoms with E-state index < -0.39 is 5.54 Å². The fraction of sp³-hybridized carbons (Fsp3) is 0.375. The Hall–Kier alpha value is -3.20. The highest BCUT2D eigenvalue weighted by Crippen LogP contribution is 2.31. The van der Waals surface area contributed by atoms with E-state index >= 15 is 0 Å². The van der Waals surface area contributed by atoms with Gasteiger partial charge in [-0.2, -0.15) is 0 Å². The zero-order chi connectivity index (χ0) is 23.1. The second-order valence-electron chi connectivity index (χ2n) is 7.92. The van der Waals surface area contributed by atoms with Crippen molar-refractivity contribution in [1.29, 1.82) is 0 Å². The number of carbonyl (C=O) groups excluding carboxylic acids is 2. The van der Waals surface area contributed by atoms with E-state index in [0.717, 1.165) is 30.5 Å². The lowest BCUT2D eigenvalue weighted by Crippen LogP contribution is -2.56. The molecule has 4 rings (SSSR count). The van der Waals surface area contributed by atoms with Crippen molar-refractivity contribution in [3.8, 4) is 17.1 Å². The summed E-state index contributed by atoms with van der Waals surface area (Å²) in [6.07, 6.45) is 7.49. The molecule has 1 aliphatic rings. The second kappa shape index (κ2) is 10.6. The number of nitrogens with one attached hydrogen (secondary N) is 1. The first-order valence-corrected chi connectivity index (χ1v) is 12.1. The summed E-state index contributed by atoms with van der Waals surface area (Å²) in [4.78, 5) is 29.8. The standard InChI is InChI=1S/C24H27N5O3S/c1-2-32-22(31)24(13-7-4-8-14-24)26-20(30)17-33-23-28-27-21(18-10-9-15-25-16-18)29(23)19-11-5-3-6-12-19/h3,5-6,9-12,15-16H,2,4,7-8,13-14,17H2,1H3,(H,26,30). The summed E-state index contributed by atoms with van der Waals surface area (Å²) in [5, 5.41) is 12.3. The van der Waals surface area contributed by atoms with Gasteiger partial charge in [-0.3, -0.25) is 14.3 Å². The maximum atomic E-state index is 12.9. The van der Waals surface area contributed by atoms with Crippen molar-refractivity contribution in [3.63, 3.8) is 0 Å². The van der Waals surface area contributed by atoms with E-state index in [2.05, 4.69) is 20.5 Å². The lowest BCUT2D eigenvalue weighted by atomic mass is 9.81. The van der Waals surface area contributed by atoms with Crippen LogP contribution in [-0.2, 0) is 14.3 Å².